The van der Waals surface area contributed by atoms with Crippen molar-refractivity contribution in [1.82, 2.24) is 5.32 Å². The third-order valence-electron chi connectivity index (χ3n) is 3.73. The lowest BCUT2D eigenvalue weighted by atomic mass is 9.99. The van der Waals surface area contributed by atoms with Gasteiger partial charge in [0.2, 0.25) is 0 Å². The SMILES string of the molecule is CCCOc1cc(NC2CCCNC2C)ccc1[N+](=O)[O-]. The molecule has 1 aromatic rings. The number of benzene rings is 1. The quantitative estimate of drug-likeness (QED) is 0.623. The molecule has 0 aliphatic carbocycles. The first kappa shape index (κ1) is 15.6. The van der Waals surface area contributed by atoms with Crippen LogP contribution in [-0.4, -0.2) is 30.2 Å². The molecule has 1 saturated heterocycles. The van der Waals surface area contributed by atoms with Crippen molar-refractivity contribution in [3.8, 4) is 5.75 Å². The lowest BCUT2D eigenvalue weighted by Gasteiger charge is -2.31. The minimum Gasteiger partial charge on any atom is -0.487 e. The summed E-state index contributed by atoms with van der Waals surface area (Å²) in [6.07, 6.45) is 3.04. The van der Waals surface area contributed by atoms with Crippen LogP contribution in [0.15, 0.2) is 18.2 Å². The normalized spacial score (nSPS) is 21.8. The summed E-state index contributed by atoms with van der Waals surface area (Å²) >= 11 is 0. The van der Waals surface area contributed by atoms with Crippen LogP contribution in [0.25, 0.3) is 0 Å². The molecule has 1 aliphatic rings. The molecule has 6 nitrogen and oxygen atoms in total. The second-order valence-electron chi connectivity index (χ2n) is 5.42. The van der Waals surface area contributed by atoms with Gasteiger partial charge in [-0.3, -0.25) is 10.1 Å². The first-order chi connectivity index (χ1) is 10.1. The van der Waals surface area contributed by atoms with Gasteiger partial charge in [0.25, 0.3) is 0 Å². The van der Waals surface area contributed by atoms with E-state index in [1.165, 1.54) is 6.07 Å². The summed E-state index contributed by atoms with van der Waals surface area (Å²) in [5.74, 6) is 0.336. The molecule has 2 N–H and O–H groups in total. The summed E-state index contributed by atoms with van der Waals surface area (Å²) in [5, 5.41) is 17.9. The summed E-state index contributed by atoms with van der Waals surface area (Å²) in [4.78, 5) is 10.6. The predicted octanol–water partition coefficient (Wildman–Crippen LogP) is 2.94. The Bertz CT molecular complexity index is 493. The Labute approximate surface area is 125 Å². The molecule has 6 heteroatoms. The molecule has 0 radical (unpaired) electrons. The highest BCUT2D eigenvalue weighted by Gasteiger charge is 2.22. The van der Waals surface area contributed by atoms with E-state index in [4.69, 9.17) is 4.74 Å². The number of anilines is 1. The number of hydrogen-bond donors (Lipinski definition) is 2. The number of rotatable bonds is 6. The highest BCUT2D eigenvalue weighted by molar-refractivity contribution is 5.58. The van der Waals surface area contributed by atoms with Gasteiger partial charge < -0.3 is 15.4 Å². The van der Waals surface area contributed by atoms with Crippen molar-refractivity contribution in [3.05, 3.63) is 28.3 Å². The zero-order valence-corrected chi connectivity index (χ0v) is 12.6. The maximum absolute atomic E-state index is 11.0. The highest BCUT2D eigenvalue weighted by Crippen LogP contribution is 2.31. The second kappa shape index (κ2) is 7.26. The molecule has 1 aromatic carbocycles. The Morgan fingerprint density at radius 2 is 2.33 bits per heavy atom. The Kier molecular flexibility index (Phi) is 5.38. The van der Waals surface area contributed by atoms with Crippen LogP contribution in [0.1, 0.15) is 33.1 Å². The van der Waals surface area contributed by atoms with E-state index >= 15 is 0 Å². The van der Waals surface area contributed by atoms with E-state index < -0.39 is 4.92 Å². The first-order valence-corrected chi connectivity index (χ1v) is 7.53. The summed E-state index contributed by atoms with van der Waals surface area (Å²) in [6, 6.07) is 5.70. The largest absolute Gasteiger partial charge is 0.487 e. The fraction of sp³-hybridized carbons (Fsp3) is 0.600. The average Bonchev–Trinajstić information content (AvgIpc) is 2.47. The van der Waals surface area contributed by atoms with Crippen LogP contribution in [0.3, 0.4) is 0 Å². The van der Waals surface area contributed by atoms with Crippen LogP contribution in [0, 0.1) is 10.1 Å². The zero-order valence-electron chi connectivity index (χ0n) is 12.6. The Morgan fingerprint density at radius 1 is 1.52 bits per heavy atom. The third kappa shape index (κ3) is 4.07. The lowest BCUT2D eigenvalue weighted by Crippen LogP contribution is -2.46. The molecule has 2 rings (SSSR count). The molecule has 2 atom stereocenters. The summed E-state index contributed by atoms with van der Waals surface area (Å²) in [6.45, 7) is 5.65. The molecule has 1 heterocycles. The number of piperidine rings is 1. The number of ether oxygens (including phenoxy) is 1. The monoisotopic (exact) mass is 293 g/mol. The van der Waals surface area contributed by atoms with Gasteiger partial charge >= 0.3 is 5.69 Å². The van der Waals surface area contributed by atoms with Gasteiger partial charge in [-0.05, 0) is 38.8 Å². The van der Waals surface area contributed by atoms with E-state index in [1.54, 1.807) is 12.1 Å². The molecule has 2 unspecified atom stereocenters. The fourth-order valence-electron chi connectivity index (χ4n) is 2.54. The third-order valence-corrected chi connectivity index (χ3v) is 3.73. The number of nitrogens with one attached hydrogen (secondary N) is 2. The second-order valence-corrected chi connectivity index (χ2v) is 5.42. The van der Waals surface area contributed by atoms with Crippen molar-refractivity contribution in [2.24, 2.45) is 0 Å². The molecule has 1 fully saturated rings. The van der Waals surface area contributed by atoms with Crippen molar-refractivity contribution in [1.29, 1.82) is 0 Å². The van der Waals surface area contributed by atoms with Gasteiger partial charge in [0.05, 0.1) is 11.5 Å². The van der Waals surface area contributed by atoms with E-state index in [2.05, 4.69) is 17.6 Å². The summed E-state index contributed by atoms with van der Waals surface area (Å²) < 4.78 is 5.51. The van der Waals surface area contributed by atoms with Crippen LogP contribution in [-0.2, 0) is 0 Å². The molecule has 0 amide bonds. The Morgan fingerprint density at radius 3 is 3.00 bits per heavy atom. The van der Waals surface area contributed by atoms with Gasteiger partial charge in [-0.2, -0.15) is 0 Å². The standard InChI is InChI=1S/C15H23N3O3/c1-3-9-21-15-10-12(6-7-14(15)18(19)20)17-13-5-4-8-16-11(13)2/h6-7,10-11,13,16-17H,3-5,8-9H2,1-2H3. The van der Waals surface area contributed by atoms with Crippen LogP contribution in [0.4, 0.5) is 11.4 Å². The van der Waals surface area contributed by atoms with Crippen molar-refractivity contribution >= 4 is 11.4 Å². The van der Waals surface area contributed by atoms with E-state index in [1.807, 2.05) is 6.92 Å². The van der Waals surface area contributed by atoms with Gasteiger partial charge in [0.1, 0.15) is 0 Å². The van der Waals surface area contributed by atoms with Gasteiger partial charge in [0.15, 0.2) is 5.75 Å². The number of nitro groups is 1. The molecule has 0 bridgehead atoms. The zero-order chi connectivity index (χ0) is 15.2. The van der Waals surface area contributed by atoms with Gasteiger partial charge in [-0.25, -0.2) is 0 Å². The predicted molar refractivity (Wildman–Crippen MR) is 83.0 cm³/mol. The van der Waals surface area contributed by atoms with Crippen LogP contribution in [0.2, 0.25) is 0 Å². The molecule has 21 heavy (non-hydrogen) atoms. The van der Waals surface area contributed by atoms with Crippen LogP contribution < -0.4 is 15.4 Å². The van der Waals surface area contributed by atoms with Crippen LogP contribution in [0.5, 0.6) is 5.75 Å². The van der Waals surface area contributed by atoms with Gasteiger partial charge in [-0.15, -0.1) is 0 Å². The smallest absolute Gasteiger partial charge is 0.311 e. The molecular formula is C15H23N3O3. The minimum absolute atomic E-state index is 0.0174. The first-order valence-electron chi connectivity index (χ1n) is 7.53. The number of nitrogens with zero attached hydrogens (tertiary/aromatic N) is 1. The van der Waals surface area contributed by atoms with Crippen LogP contribution >= 0.6 is 0 Å². The Balaban J connectivity index is 2.14. The van der Waals surface area contributed by atoms with E-state index in [9.17, 15) is 10.1 Å². The van der Waals surface area contributed by atoms with Crippen molar-refractivity contribution < 1.29 is 9.66 Å². The van der Waals surface area contributed by atoms with Gasteiger partial charge in [-0.1, -0.05) is 6.92 Å². The van der Waals surface area contributed by atoms with Crippen molar-refractivity contribution in [2.75, 3.05) is 18.5 Å². The number of nitro benzene ring substituents is 1. The van der Waals surface area contributed by atoms with E-state index in [-0.39, 0.29) is 5.69 Å². The molecular weight excluding hydrogens is 270 g/mol. The van der Waals surface area contributed by atoms with Gasteiger partial charge in [0, 0.05) is 29.9 Å². The summed E-state index contributed by atoms with van der Waals surface area (Å²) in [5.41, 5.74) is 0.885. The maximum Gasteiger partial charge on any atom is 0.311 e. The van der Waals surface area contributed by atoms with Crippen molar-refractivity contribution in [3.63, 3.8) is 0 Å². The van der Waals surface area contributed by atoms with E-state index in [0.717, 1.165) is 31.5 Å². The number of hydrogen-bond acceptors (Lipinski definition) is 5. The van der Waals surface area contributed by atoms with Crippen molar-refractivity contribution in [2.45, 2.75) is 45.2 Å². The molecule has 0 aromatic heterocycles. The minimum atomic E-state index is -0.403. The summed E-state index contributed by atoms with van der Waals surface area (Å²) in [7, 11) is 0. The average molecular weight is 293 g/mol. The lowest BCUT2D eigenvalue weighted by molar-refractivity contribution is -0.385. The Hall–Kier alpha value is -1.82. The molecule has 1 aliphatic heterocycles. The highest BCUT2D eigenvalue weighted by atomic mass is 16.6. The molecule has 116 valence electrons. The fourth-order valence-corrected chi connectivity index (χ4v) is 2.54. The topological polar surface area (TPSA) is 76.4 Å². The van der Waals surface area contributed by atoms with E-state index in [0.29, 0.717) is 24.4 Å². The molecule has 0 spiro atoms. The molecule has 0 saturated carbocycles. The maximum atomic E-state index is 11.0.